The van der Waals surface area contributed by atoms with Gasteiger partial charge in [-0.1, -0.05) is 18.8 Å². The van der Waals surface area contributed by atoms with Crippen molar-refractivity contribution in [3.63, 3.8) is 0 Å². The molecule has 0 bridgehead atoms. The van der Waals surface area contributed by atoms with Crippen LogP contribution >= 0.6 is 11.3 Å². The first-order valence-electron chi connectivity index (χ1n) is 12.0. The minimum Gasteiger partial charge on any atom is -0.477 e. The van der Waals surface area contributed by atoms with Crippen LogP contribution in [0.15, 0.2) is 6.07 Å². The van der Waals surface area contributed by atoms with E-state index in [9.17, 15) is 14.7 Å². The number of hydrogen-bond donors (Lipinski definition) is 1. The fraction of sp³-hybridized carbons (Fsp3) is 0.692. The van der Waals surface area contributed by atoms with E-state index in [-0.39, 0.29) is 28.2 Å². The zero-order chi connectivity index (χ0) is 24.2. The molecule has 2 aliphatic rings. The second-order valence-corrected chi connectivity index (χ2v) is 11.6. The van der Waals surface area contributed by atoms with Crippen LogP contribution in [0, 0.1) is 29.1 Å². The number of amides is 1. The number of rotatable bonds is 7. The molecule has 0 aromatic carbocycles. The summed E-state index contributed by atoms with van der Waals surface area (Å²) in [5.74, 6) is 6.03. The van der Waals surface area contributed by atoms with E-state index in [4.69, 9.17) is 4.74 Å². The van der Waals surface area contributed by atoms with Gasteiger partial charge in [0.25, 0.3) is 0 Å². The van der Waals surface area contributed by atoms with Gasteiger partial charge in [-0.25, -0.2) is 4.79 Å². The molecule has 1 atom stereocenters. The fourth-order valence-electron chi connectivity index (χ4n) is 4.67. The number of thiophene rings is 1. The summed E-state index contributed by atoms with van der Waals surface area (Å²) in [6.07, 6.45) is 4.68. The van der Waals surface area contributed by atoms with E-state index < -0.39 is 5.97 Å². The maximum atomic E-state index is 13.9. The summed E-state index contributed by atoms with van der Waals surface area (Å²) >= 11 is 1.17. The molecule has 1 N–H and O–H groups in total. The first-order chi connectivity index (χ1) is 15.6. The molecule has 1 unspecified atom stereocenters. The molecule has 182 valence electrons. The van der Waals surface area contributed by atoms with Crippen molar-refractivity contribution in [1.29, 1.82) is 0 Å². The number of likely N-dealkylation sites (tertiary alicyclic amines) is 1. The van der Waals surface area contributed by atoms with Crippen LogP contribution in [0.3, 0.4) is 0 Å². The Kier molecular flexibility index (Phi) is 8.60. The van der Waals surface area contributed by atoms with Gasteiger partial charge in [-0.15, -0.1) is 11.3 Å². The molecular formula is C26H38N2O4S. The predicted molar refractivity (Wildman–Crippen MR) is 133 cm³/mol. The van der Waals surface area contributed by atoms with Gasteiger partial charge in [0.15, 0.2) is 0 Å². The number of carbonyl (C=O) groups excluding carboxylic acids is 1. The van der Waals surface area contributed by atoms with E-state index >= 15 is 0 Å². The quantitative estimate of drug-likeness (QED) is 0.579. The van der Waals surface area contributed by atoms with Gasteiger partial charge in [0.05, 0.1) is 23.2 Å². The number of nitrogens with zero attached hydrogens (tertiary/aromatic N) is 2. The topological polar surface area (TPSA) is 70.1 Å². The second-order valence-electron chi connectivity index (χ2n) is 10.5. The maximum absolute atomic E-state index is 13.9. The van der Waals surface area contributed by atoms with Crippen molar-refractivity contribution in [3.8, 4) is 11.8 Å². The number of hydrogen-bond acceptors (Lipinski definition) is 5. The lowest BCUT2D eigenvalue weighted by Crippen LogP contribution is -2.46. The van der Waals surface area contributed by atoms with Gasteiger partial charge in [0, 0.05) is 38.1 Å². The van der Waals surface area contributed by atoms with Gasteiger partial charge in [-0.05, 0) is 64.9 Å². The molecule has 0 spiro atoms. The monoisotopic (exact) mass is 474 g/mol. The number of carboxylic acid groups (broad SMARTS) is 1. The van der Waals surface area contributed by atoms with Crippen LogP contribution in [-0.4, -0.2) is 61.3 Å². The SMILES string of the molecule is COCCN1CCC(N(C(=O)C2CCC(C)CC2)c2cc(C#CC(C)(C)C)sc2C(=O)O)C1. The Labute approximate surface area is 202 Å². The van der Waals surface area contributed by atoms with E-state index in [1.807, 2.05) is 31.7 Å². The zero-order valence-corrected chi connectivity index (χ0v) is 21.5. The lowest BCUT2D eigenvalue weighted by atomic mass is 9.82. The van der Waals surface area contributed by atoms with Gasteiger partial charge >= 0.3 is 5.97 Å². The Bertz CT molecular complexity index is 900. The molecule has 1 aromatic heterocycles. The van der Waals surface area contributed by atoms with Crippen molar-refractivity contribution in [2.75, 3.05) is 38.3 Å². The Morgan fingerprint density at radius 3 is 2.55 bits per heavy atom. The molecule has 6 nitrogen and oxygen atoms in total. The van der Waals surface area contributed by atoms with Crippen LogP contribution in [0.2, 0.25) is 0 Å². The molecular weight excluding hydrogens is 436 g/mol. The fourth-order valence-corrected chi connectivity index (χ4v) is 5.51. The third-order valence-corrected chi connectivity index (χ3v) is 7.58. The van der Waals surface area contributed by atoms with Crippen LogP contribution < -0.4 is 4.90 Å². The third-order valence-electron chi connectivity index (χ3n) is 6.55. The van der Waals surface area contributed by atoms with Gasteiger partial charge in [0.2, 0.25) is 5.91 Å². The van der Waals surface area contributed by atoms with Gasteiger partial charge in [-0.2, -0.15) is 0 Å². The largest absolute Gasteiger partial charge is 0.477 e. The number of methoxy groups -OCH3 is 1. The van der Waals surface area contributed by atoms with E-state index in [2.05, 4.69) is 23.7 Å². The average Bonchev–Trinajstić information content (AvgIpc) is 3.39. The van der Waals surface area contributed by atoms with Crippen molar-refractivity contribution in [2.45, 2.75) is 65.8 Å². The van der Waals surface area contributed by atoms with E-state index in [0.29, 0.717) is 23.1 Å². The summed E-state index contributed by atoms with van der Waals surface area (Å²) in [5.41, 5.74) is 0.336. The smallest absolute Gasteiger partial charge is 0.348 e. The lowest BCUT2D eigenvalue weighted by Gasteiger charge is -2.34. The number of aromatic carboxylic acids is 1. The molecule has 33 heavy (non-hydrogen) atoms. The van der Waals surface area contributed by atoms with Crippen molar-refractivity contribution in [2.24, 2.45) is 17.3 Å². The first-order valence-corrected chi connectivity index (χ1v) is 12.9. The lowest BCUT2D eigenvalue weighted by molar-refractivity contribution is -0.124. The molecule has 3 rings (SSSR count). The summed E-state index contributed by atoms with van der Waals surface area (Å²) in [4.78, 5) is 31.1. The highest BCUT2D eigenvalue weighted by Gasteiger charge is 2.38. The van der Waals surface area contributed by atoms with Crippen LogP contribution in [0.4, 0.5) is 5.69 Å². The summed E-state index contributed by atoms with van der Waals surface area (Å²) in [6, 6.07) is 1.79. The Morgan fingerprint density at radius 2 is 1.94 bits per heavy atom. The van der Waals surface area contributed by atoms with E-state index in [1.54, 1.807) is 7.11 Å². The number of carboxylic acids is 1. The van der Waals surface area contributed by atoms with E-state index in [1.165, 1.54) is 11.3 Å². The van der Waals surface area contributed by atoms with Crippen LogP contribution in [-0.2, 0) is 9.53 Å². The Balaban J connectivity index is 1.96. The highest BCUT2D eigenvalue weighted by Crippen LogP contribution is 2.37. The zero-order valence-electron chi connectivity index (χ0n) is 20.6. The Morgan fingerprint density at radius 1 is 1.24 bits per heavy atom. The minimum absolute atomic E-state index is 0.0372. The standard InChI is InChI=1S/C26H38N2O4S/c1-18-6-8-19(9-7-18)24(29)28(20-11-13-27(17-20)14-15-32-5)22-16-21(10-12-26(2,3)4)33-23(22)25(30)31/h16,18-20H,6-9,11,13-15,17H2,1-5H3,(H,30,31). The molecule has 1 amide bonds. The van der Waals surface area contributed by atoms with Crippen molar-refractivity contribution in [3.05, 3.63) is 15.8 Å². The number of anilines is 1. The first kappa shape index (κ1) is 25.7. The third kappa shape index (κ3) is 6.81. The second kappa shape index (κ2) is 11.0. The maximum Gasteiger partial charge on any atom is 0.348 e. The van der Waals surface area contributed by atoms with Crippen molar-refractivity contribution < 1.29 is 19.4 Å². The predicted octanol–water partition coefficient (Wildman–Crippen LogP) is 4.72. The van der Waals surface area contributed by atoms with Crippen molar-refractivity contribution >= 4 is 28.9 Å². The molecule has 2 fully saturated rings. The van der Waals surface area contributed by atoms with Gasteiger partial charge in [0.1, 0.15) is 4.88 Å². The average molecular weight is 475 g/mol. The number of ether oxygens (including phenoxy) is 1. The minimum atomic E-state index is -0.997. The molecule has 0 radical (unpaired) electrons. The molecule has 1 aliphatic carbocycles. The molecule has 1 saturated carbocycles. The number of carbonyl (C=O) groups is 2. The summed E-state index contributed by atoms with van der Waals surface area (Å²) in [7, 11) is 1.69. The van der Waals surface area contributed by atoms with E-state index in [0.717, 1.165) is 51.7 Å². The van der Waals surface area contributed by atoms with Crippen LogP contribution in [0.1, 0.15) is 74.3 Å². The highest BCUT2D eigenvalue weighted by molar-refractivity contribution is 7.15. The Hall–Kier alpha value is -1.88. The van der Waals surface area contributed by atoms with Crippen LogP contribution in [0.5, 0.6) is 0 Å². The molecule has 1 saturated heterocycles. The van der Waals surface area contributed by atoms with Gasteiger partial charge in [-0.3, -0.25) is 9.69 Å². The molecule has 2 heterocycles. The molecule has 7 heteroatoms. The highest BCUT2D eigenvalue weighted by atomic mass is 32.1. The summed E-state index contributed by atoms with van der Waals surface area (Å²) in [5, 5.41) is 9.99. The molecule has 1 aromatic rings. The van der Waals surface area contributed by atoms with Gasteiger partial charge < -0.3 is 14.7 Å². The molecule has 1 aliphatic heterocycles. The summed E-state index contributed by atoms with van der Waals surface area (Å²) in [6.45, 7) is 11.4. The van der Waals surface area contributed by atoms with Crippen LogP contribution in [0.25, 0.3) is 0 Å². The normalized spacial score (nSPS) is 23.7. The summed E-state index contributed by atoms with van der Waals surface area (Å²) < 4.78 is 5.23. The van der Waals surface area contributed by atoms with Crippen molar-refractivity contribution in [1.82, 2.24) is 4.90 Å².